The minimum absolute atomic E-state index is 0.0629. The molecule has 1 atom stereocenters. The number of halogens is 3. The molecular weight excluding hydrogens is 371 g/mol. The van der Waals surface area contributed by atoms with Gasteiger partial charge in [-0.05, 0) is 50.1 Å². The number of amides is 1. The van der Waals surface area contributed by atoms with Crippen LogP contribution in [0.25, 0.3) is 5.69 Å². The third-order valence-corrected chi connectivity index (χ3v) is 4.81. The summed E-state index contributed by atoms with van der Waals surface area (Å²) in [6, 6.07) is 6.59. The zero-order chi connectivity index (χ0) is 20.1. The normalized spacial score (nSPS) is 19.3. The van der Waals surface area contributed by atoms with E-state index in [-0.39, 0.29) is 18.4 Å². The molecule has 146 valence electrons. The fourth-order valence-corrected chi connectivity index (χ4v) is 3.51. The minimum Gasteiger partial charge on any atom is -0.482 e. The van der Waals surface area contributed by atoms with E-state index in [1.807, 2.05) is 26.0 Å². The molecule has 2 aromatic rings. The Labute approximate surface area is 159 Å². The van der Waals surface area contributed by atoms with Gasteiger partial charge in [0.15, 0.2) is 12.3 Å². The van der Waals surface area contributed by atoms with Crippen molar-refractivity contribution in [3.8, 4) is 5.69 Å². The van der Waals surface area contributed by atoms with Crippen LogP contribution in [0, 0.1) is 13.8 Å². The number of ether oxygens (including phenoxy) is 1. The second kappa shape index (κ2) is 6.54. The molecule has 1 unspecified atom stereocenters. The van der Waals surface area contributed by atoms with Gasteiger partial charge in [-0.15, -0.1) is 0 Å². The number of allylic oxidation sites excluding steroid dienone is 2. The number of fused-ring (bicyclic) bond motifs is 1. The van der Waals surface area contributed by atoms with E-state index < -0.39 is 11.9 Å². The lowest BCUT2D eigenvalue weighted by atomic mass is 9.93. The number of morpholine rings is 1. The molecule has 1 amide bonds. The lowest BCUT2D eigenvalue weighted by Gasteiger charge is -2.26. The van der Waals surface area contributed by atoms with Gasteiger partial charge in [0.2, 0.25) is 0 Å². The second-order valence-electron chi connectivity index (χ2n) is 6.98. The Bertz CT molecular complexity index is 1020. The Kier molecular flexibility index (Phi) is 4.28. The minimum atomic E-state index is -4.55. The summed E-state index contributed by atoms with van der Waals surface area (Å²) >= 11 is 0. The van der Waals surface area contributed by atoms with Crippen LogP contribution in [-0.2, 0) is 15.7 Å². The van der Waals surface area contributed by atoms with Gasteiger partial charge in [-0.2, -0.15) is 18.3 Å². The average molecular weight is 389 g/mol. The van der Waals surface area contributed by atoms with E-state index >= 15 is 0 Å². The fourth-order valence-electron chi connectivity index (χ4n) is 3.51. The van der Waals surface area contributed by atoms with Gasteiger partial charge in [0, 0.05) is 5.92 Å². The van der Waals surface area contributed by atoms with Crippen molar-refractivity contribution in [3.05, 3.63) is 70.4 Å². The van der Waals surface area contributed by atoms with Gasteiger partial charge in [0.1, 0.15) is 5.76 Å². The number of rotatable bonds is 2. The summed E-state index contributed by atoms with van der Waals surface area (Å²) in [6.45, 7) is 3.70. The number of hydrogen-bond acceptors (Lipinski definition) is 3. The molecule has 2 aliphatic rings. The van der Waals surface area contributed by atoms with Gasteiger partial charge >= 0.3 is 6.18 Å². The van der Waals surface area contributed by atoms with E-state index in [2.05, 4.69) is 10.4 Å². The molecule has 0 radical (unpaired) electrons. The number of alkyl halides is 3. The molecule has 28 heavy (non-hydrogen) atoms. The largest absolute Gasteiger partial charge is 0.482 e. The molecule has 1 aromatic carbocycles. The predicted molar refractivity (Wildman–Crippen MR) is 95.7 cm³/mol. The highest BCUT2D eigenvalue weighted by molar-refractivity contribution is 5.81. The highest BCUT2D eigenvalue weighted by atomic mass is 19.4. The van der Waals surface area contributed by atoms with Crippen LogP contribution in [0.5, 0.6) is 0 Å². The molecule has 8 heteroatoms. The predicted octanol–water partition coefficient (Wildman–Crippen LogP) is 3.91. The Balaban J connectivity index is 1.81. The van der Waals surface area contributed by atoms with Gasteiger partial charge in [-0.1, -0.05) is 17.7 Å². The lowest BCUT2D eigenvalue weighted by Crippen LogP contribution is -2.35. The average Bonchev–Trinajstić information content (AvgIpc) is 3.06. The number of nitrogens with one attached hydrogen (secondary N) is 1. The Morgan fingerprint density at radius 1 is 1.25 bits per heavy atom. The molecule has 1 aromatic heterocycles. The van der Waals surface area contributed by atoms with Crippen LogP contribution in [-0.4, -0.2) is 22.3 Å². The number of aryl methyl sites for hydroxylation is 2. The molecule has 5 nitrogen and oxygen atoms in total. The van der Waals surface area contributed by atoms with Crippen LogP contribution in [0.4, 0.5) is 13.2 Å². The van der Waals surface area contributed by atoms with E-state index in [9.17, 15) is 18.0 Å². The fraction of sp³-hybridized carbons (Fsp3) is 0.300. The Morgan fingerprint density at radius 3 is 2.75 bits per heavy atom. The standard InChI is InChI=1S/C20H18F3N3O2/c1-11-3-5-15(12(2)7-11)26-16(9-18(25-26)20(21,22)23)13-4-6-17-14(8-13)24-19(27)10-28-17/h3,5-9,13H,4,10H2,1-2H3,(H,24,27). The number of carbonyl (C=O) groups is 1. The maximum absolute atomic E-state index is 13.4. The first kappa shape index (κ1) is 18.3. The number of benzene rings is 1. The van der Waals surface area contributed by atoms with Crippen LogP contribution in [0.2, 0.25) is 0 Å². The molecule has 0 spiro atoms. The Hall–Kier alpha value is -3.03. The van der Waals surface area contributed by atoms with E-state index in [4.69, 9.17) is 4.74 Å². The zero-order valence-corrected chi connectivity index (χ0v) is 15.3. The van der Waals surface area contributed by atoms with Crippen molar-refractivity contribution in [2.24, 2.45) is 0 Å². The van der Waals surface area contributed by atoms with Crippen molar-refractivity contribution >= 4 is 5.91 Å². The summed E-state index contributed by atoms with van der Waals surface area (Å²) in [6.07, 6.45) is -0.595. The van der Waals surface area contributed by atoms with Crippen molar-refractivity contribution < 1.29 is 22.7 Å². The molecule has 0 saturated carbocycles. The molecule has 4 rings (SSSR count). The maximum atomic E-state index is 13.4. The zero-order valence-electron chi connectivity index (χ0n) is 15.3. The smallest absolute Gasteiger partial charge is 0.435 e. The molecule has 1 saturated heterocycles. The summed E-state index contributed by atoms with van der Waals surface area (Å²) < 4.78 is 46.8. The van der Waals surface area contributed by atoms with Crippen molar-refractivity contribution in [1.29, 1.82) is 0 Å². The molecular formula is C20H18F3N3O2. The van der Waals surface area contributed by atoms with Crippen LogP contribution in [0.1, 0.15) is 34.9 Å². The quantitative estimate of drug-likeness (QED) is 0.847. The van der Waals surface area contributed by atoms with Crippen LogP contribution in [0.3, 0.4) is 0 Å². The van der Waals surface area contributed by atoms with E-state index in [0.29, 0.717) is 29.3 Å². The van der Waals surface area contributed by atoms with Crippen LogP contribution < -0.4 is 5.32 Å². The van der Waals surface area contributed by atoms with Crippen molar-refractivity contribution in [2.45, 2.75) is 32.4 Å². The van der Waals surface area contributed by atoms with E-state index in [0.717, 1.165) is 17.2 Å². The van der Waals surface area contributed by atoms with Gasteiger partial charge < -0.3 is 10.1 Å². The van der Waals surface area contributed by atoms with Crippen molar-refractivity contribution in [2.75, 3.05) is 6.61 Å². The molecule has 1 aliphatic carbocycles. The van der Waals surface area contributed by atoms with Crippen molar-refractivity contribution in [3.63, 3.8) is 0 Å². The molecule has 1 N–H and O–H groups in total. The third kappa shape index (κ3) is 3.30. The van der Waals surface area contributed by atoms with Gasteiger partial charge in [-0.25, -0.2) is 4.68 Å². The topological polar surface area (TPSA) is 56.2 Å². The molecule has 2 heterocycles. The summed E-state index contributed by atoms with van der Waals surface area (Å²) in [7, 11) is 0. The molecule has 0 bridgehead atoms. The number of nitrogens with zero attached hydrogens (tertiary/aromatic N) is 2. The number of aromatic nitrogens is 2. The lowest BCUT2D eigenvalue weighted by molar-refractivity contribution is -0.141. The van der Waals surface area contributed by atoms with Gasteiger partial charge in [0.05, 0.1) is 17.1 Å². The maximum Gasteiger partial charge on any atom is 0.435 e. The first-order chi connectivity index (χ1) is 13.2. The van der Waals surface area contributed by atoms with E-state index in [1.54, 1.807) is 18.2 Å². The van der Waals surface area contributed by atoms with Crippen LogP contribution >= 0.6 is 0 Å². The summed E-state index contributed by atoms with van der Waals surface area (Å²) in [5.41, 5.74) is 2.37. The third-order valence-electron chi connectivity index (χ3n) is 4.81. The highest BCUT2D eigenvalue weighted by Gasteiger charge is 2.36. The summed E-state index contributed by atoms with van der Waals surface area (Å²) in [4.78, 5) is 11.6. The first-order valence-corrected chi connectivity index (χ1v) is 8.82. The second-order valence-corrected chi connectivity index (χ2v) is 6.98. The SMILES string of the molecule is Cc1ccc(-n2nc(C(F)(F)F)cc2C2C=C3NC(=O)COC3=CC2)c(C)c1. The van der Waals surface area contributed by atoms with Gasteiger partial charge in [-0.3, -0.25) is 4.79 Å². The summed E-state index contributed by atoms with van der Waals surface area (Å²) in [5.74, 6) is -0.127. The Morgan fingerprint density at radius 2 is 2.04 bits per heavy atom. The number of hydrogen-bond donors (Lipinski definition) is 1. The monoisotopic (exact) mass is 389 g/mol. The number of carbonyl (C=O) groups excluding carboxylic acids is 1. The van der Waals surface area contributed by atoms with Crippen molar-refractivity contribution in [1.82, 2.24) is 15.1 Å². The van der Waals surface area contributed by atoms with Gasteiger partial charge in [0.25, 0.3) is 5.91 Å². The van der Waals surface area contributed by atoms with Crippen LogP contribution in [0.15, 0.2) is 47.9 Å². The molecule has 1 fully saturated rings. The highest BCUT2D eigenvalue weighted by Crippen LogP contribution is 2.37. The van der Waals surface area contributed by atoms with E-state index in [1.165, 1.54) is 4.68 Å². The summed E-state index contributed by atoms with van der Waals surface area (Å²) in [5, 5.41) is 6.57. The first-order valence-electron chi connectivity index (χ1n) is 8.82. The molecule has 1 aliphatic heterocycles.